The van der Waals surface area contributed by atoms with E-state index in [1.165, 1.54) is 6.42 Å². The van der Waals surface area contributed by atoms with Crippen molar-refractivity contribution in [2.24, 2.45) is 0 Å². The second-order valence-corrected chi connectivity index (χ2v) is 4.44. The Morgan fingerprint density at radius 2 is 2.12 bits per heavy atom. The first-order valence-corrected chi connectivity index (χ1v) is 6.28. The monoisotopic (exact) mass is 247 g/mol. The van der Waals surface area contributed by atoms with E-state index in [-0.39, 0.29) is 6.10 Å². The summed E-state index contributed by atoms with van der Waals surface area (Å²) in [5, 5.41) is 13.0. The van der Waals surface area contributed by atoms with E-state index in [9.17, 15) is 5.11 Å². The molecule has 0 amide bonds. The number of hydrogen-bond acceptors (Lipinski definition) is 5. The van der Waals surface area contributed by atoms with E-state index in [1.807, 2.05) is 0 Å². The van der Waals surface area contributed by atoms with Crippen molar-refractivity contribution >= 4 is 0 Å². The number of nitrogens with one attached hydrogen (secondary N) is 1. The first kappa shape index (κ1) is 14.9. The Bertz CT molecular complexity index is 191. The summed E-state index contributed by atoms with van der Waals surface area (Å²) in [7, 11) is 3.38. The highest BCUT2D eigenvalue weighted by Crippen LogP contribution is 2.21. The van der Waals surface area contributed by atoms with Crippen molar-refractivity contribution in [1.29, 1.82) is 0 Å². The van der Waals surface area contributed by atoms with E-state index >= 15 is 0 Å². The van der Waals surface area contributed by atoms with Crippen LogP contribution < -0.4 is 5.32 Å². The van der Waals surface area contributed by atoms with Gasteiger partial charge in [-0.2, -0.15) is 0 Å². The molecule has 5 heteroatoms. The van der Waals surface area contributed by atoms with Gasteiger partial charge < -0.3 is 24.6 Å². The molecule has 1 rings (SSSR count). The predicted octanol–water partition coefficient (Wildman–Crippen LogP) is 0.167. The molecule has 3 unspecified atom stereocenters. The molecule has 0 spiro atoms. The van der Waals surface area contributed by atoms with E-state index in [2.05, 4.69) is 5.32 Å². The molecule has 3 atom stereocenters. The second kappa shape index (κ2) is 8.83. The van der Waals surface area contributed by atoms with Crippen LogP contribution in [-0.4, -0.2) is 63.9 Å². The maximum absolute atomic E-state index is 9.70. The van der Waals surface area contributed by atoms with Gasteiger partial charge in [-0.3, -0.25) is 0 Å². The average Bonchev–Trinajstić information content (AvgIpc) is 2.79. The third kappa shape index (κ3) is 5.79. The van der Waals surface area contributed by atoms with E-state index < -0.39 is 6.10 Å². The van der Waals surface area contributed by atoms with E-state index in [4.69, 9.17) is 14.2 Å². The maximum Gasteiger partial charge on any atom is 0.0897 e. The van der Waals surface area contributed by atoms with Crippen molar-refractivity contribution in [3.63, 3.8) is 0 Å². The Morgan fingerprint density at radius 3 is 2.82 bits per heavy atom. The van der Waals surface area contributed by atoms with Gasteiger partial charge in [-0.05, 0) is 19.3 Å². The second-order valence-electron chi connectivity index (χ2n) is 4.44. The van der Waals surface area contributed by atoms with Gasteiger partial charge in [-0.1, -0.05) is 0 Å². The molecule has 0 aromatic carbocycles. The summed E-state index contributed by atoms with van der Waals surface area (Å²) in [6, 6.07) is 0.369. The Morgan fingerprint density at radius 1 is 1.29 bits per heavy atom. The molecule has 1 fully saturated rings. The van der Waals surface area contributed by atoms with Crippen LogP contribution in [0.1, 0.15) is 19.3 Å². The Kier molecular flexibility index (Phi) is 7.72. The quantitative estimate of drug-likeness (QED) is 0.569. The Hall–Kier alpha value is -0.200. The minimum atomic E-state index is -0.468. The molecular weight excluding hydrogens is 222 g/mol. The van der Waals surface area contributed by atoms with Crippen LogP contribution in [0.3, 0.4) is 0 Å². The number of rotatable bonds is 9. The fraction of sp³-hybridized carbons (Fsp3) is 1.00. The van der Waals surface area contributed by atoms with Gasteiger partial charge in [0.1, 0.15) is 0 Å². The van der Waals surface area contributed by atoms with Crippen molar-refractivity contribution in [1.82, 2.24) is 5.32 Å². The number of methoxy groups -OCH3 is 2. The van der Waals surface area contributed by atoms with Crippen LogP contribution in [0.5, 0.6) is 0 Å². The summed E-state index contributed by atoms with van der Waals surface area (Å²) in [6.07, 6.45) is 3.24. The summed E-state index contributed by atoms with van der Waals surface area (Å²) in [5.41, 5.74) is 0. The van der Waals surface area contributed by atoms with Crippen molar-refractivity contribution in [2.45, 2.75) is 37.5 Å². The van der Waals surface area contributed by atoms with Gasteiger partial charge in [0, 0.05) is 26.8 Å². The van der Waals surface area contributed by atoms with Gasteiger partial charge in [-0.25, -0.2) is 0 Å². The number of ether oxygens (including phenoxy) is 3. The molecule has 0 aliphatic heterocycles. The number of hydrogen-bond donors (Lipinski definition) is 2. The normalized spacial score (nSPS) is 26.3. The molecule has 0 radical (unpaired) electrons. The Balaban J connectivity index is 2.04. The smallest absolute Gasteiger partial charge is 0.0897 e. The van der Waals surface area contributed by atoms with Crippen LogP contribution in [0.4, 0.5) is 0 Å². The summed E-state index contributed by atoms with van der Waals surface area (Å²) in [5.74, 6) is 0. The molecule has 102 valence electrons. The molecule has 1 aliphatic carbocycles. The first-order valence-electron chi connectivity index (χ1n) is 6.28. The lowest BCUT2D eigenvalue weighted by Gasteiger charge is -2.21. The maximum atomic E-state index is 9.70. The van der Waals surface area contributed by atoms with E-state index in [1.54, 1.807) is 14.2 Å². The Labute approximate surface area is 103 Å². The third-order valence-corrected chi connectivity index (χ3v) is 3.11. The molecule has 0 aromatic heterocycles. The summed E-state index contributed by atoms with van der Waals surface area (Å²) in [6.45, 7) is 1.99. The largest absolute Gasteiger partial charge is 0.389 e. The molecule has 0 aromatic rings. The zero-order valence-electron chi connectivity index (χ0n) is 10.9. The highest BCUT2D eigenvalue weighted by molar-refractivity contribution is 4.84. The van der Waals surface area contributed by atoms with Crippen molar-refractivity contribution < 1.29 is 19.3 Å². The zero-order valence-corrected chi connectivity index (χ0v) is 10.9. The van der Waals surface area contributed by atoms with Crippen molar-refractivity contribution in [3.8, 4) is 0 Å². The van der Waals surface area contributed by atoms with Crippen LogP contribution in [0.2, 0.25) is 0 Å². The minimum Gasteiger partial charge on any atom is -0.389 e. The minimum absolute atomic E-state index is 0.289. The van der Waals surface area contributed by atoms with Gasteiger partial charge in [0.05, 0.1) is 32.0 Å². The highest BCUT2D eigenvalue weighted by atomic mass is 16.5. The lowest BCUT2D eigenvalue weighted by molar-refractivity contribution is 0.00987. The molecule has 1 aliphatic rings. The summed E-state index contributed by atoms with van der Waals surface area (Å²) < 4.78 is 15.5. The summed E-state index contributed by atoms with van der Waals surface area (Å²) >= 11 is 0. The van der Waals surface area contributed by atoms with Crippen LogP contribution in [-0.2, 0) is 14.2 Å². The molecule has 0 bridgehead atoms. The highest BCUT2D eigenvalue weighted by Gasteiger charge is 2.26. The standard InChI is InChI=1S/C12H25NO4/c1-15-6-7-17-9-10(14)8-13-11-4-3-5-12(11)16-2/h10-14H,3-9H2,1-2H3. The first-order chi connectivity index (χ1) is 8.27. The number of aliphatic hydroxyl groups excluding tert-OH is 1. The topological polar surface area (TPSA) is 60.0 Å². The molecule has 2 N–H and O–H groups in total. The lowest BCUT2D eigenvalue weighted by Crippen LogP contribution is -2.42. The van der Waals surface area contributed by atoms with E-state index in [0.717, 1.165) is 12.8 Å². The average molecular weight is 247 g/mol. The summed E-state index contributed by atoms with van der Waals surface area (Å²) in [4.78, 5) is 0. The third-order valence-electron chi connectivity index (χ3n) is 3.11. The van der Waals surface area contributed by atoms with Gasteiger partial charge in [0.25, 0.3) is 0 Å². The molecule has 17 heavy (non-hydrogen) atoms. The van der Waals surface area contributed by atoms with Gasteiger partial charge in [-0.15, -0.1) is 0 Å². The predicted molar refractivity (Wildman–Crippen MR) is 65.1 cm³/mol. The van der Waals surface area contributed by atoms with Gasteiger partial charge in [0.2, 0.25) is 0 Å². The van der Waals surface area contributed by atoms with E-state index in [0.29, 0.717) is 32.4 Å². The fourth-order valence-electron chi connectivity index (χ4n) is 2.15. The van der Waals surface area contributed by atoms with Crippen molar-refractivity contribution in [2.75, 3.05) is 40.6 Å². The molecule has 0 saturated heterocycles. The SMILES string of the molecule is COCCOCC(O)CNC1CCCC1OC. The van der Waals surface area contributed by atoms with Gasteiger partial charge >= 0.3 is 0 Å². The molecule has 5 nitrogen and oxygen atoms in total. The van der Waals surface area contributed by atoms with Gasteiger partial charge in [0.15, 0.2) is 0 Å². The fourth-order valence-corrected chi connectivity index (χ4v) is 2.15. The van der Waals surface area contributed by atoms with Crippen LogP contribution in [0.15, 0.2) is 0 Å². The van der Waals surface area contributed by atoms with Crippen LogP contribution in [0, 0.1) is 0 Å². The van der Waals surface area contributed by atoms with Crippen LogP contribution in [0.25, 0.3) is 0 Å². The van der Waals surface area contributed by atoms with Crippen LogP contribution >= 0.6 is 0 Å². The lowest BCUT2D eigenvalue weighted by atomic mass is 10.2. The molecular formula is C12H25NO4. The molecule has 1 saturated carbocycles. The molecule has 0 heterocycles. The number of aliphatic hydroxyl groups is 1. The zero-order chi connectivity index (χ0) is 12.5. The van der Waals surface area contributed by atoms with Crippen molar-refractivity contribution in [3.05, 3.63) is 0 Å².